The van der Waals surface area contributed by atoms with Gasteiger partial charge in [-0.25, -0.2) is 0 Å². The molecule has 88 valence electrons. The Labute approximate surface area is 109 Å². The van der Waals surface area contributed by atoms with Crippen molar-refractivity contribution in [2.75, 3.05) is 0 Å². The van der Waals surface area contributed by atoms with E-state index in [0.29, 0.717) is 0 Å². The summed E-state index contributed by atoms with van der Waals surface area (Å²) in [6, 6.07) is 21.1. The van der Waals surface area contributed by atoms with Gasteiger partial charge in [0.25, 0.3) is 0 Å². The highest BCUT2D eigenvalue weighted by molar-refractivity contribution is 7.33. The summed E-state index contributed by atoms with van der Waals surface area (Å²) in [6.45, 7) is 0. The van der Waals surface area contributed by atoms with E-state index in [1.807, 2.05) is 0 Å². The molecule has 1 nitrogen and oxygen atoms in total. The predicted octanol–water partition coefficient (Wildman–Crippen LogP) is 4.94. The molecular formula is C16H14NP. The molecule has 0 radical (unpaired) electrons. The van der Waals surface area contributed by atoms with Gasteiger partial charge in [0.05, 0.1) is 11.1 Å². The van der Waals surface area contributed by atoms with Crippen LogP contribution < -0.4 is 0 Å². The third kappa shape index (κ3) is 1.98. The standard InChI is InChI=1S/C16H14NP/c1-17-15(13-8-4-2-5-9-13)12-18-16(17)14-10-6-3-7-11-14/h2-12H,1H3. The molecule has 0 N–H and O–H groups in total. The number of hydrogen-bond acceptors (Lipinski definition) is 0. The summed E-state index contributed by atoms with van der Waals surface area (Å²) < 4.78 is 2.28. The Kier molecular flexibility index (Phi) is 3.00. The molecule has 2 heteroatoms. The molecule has 0 aliphatic heterocycles. The molecule has 0 spiro atoms. The Bertz CT molecular complexity index is 584. The van der Waals surface area contributed by atoms with Crippen molar-refractivity contribution < 1.29 is 0 Å². The van der Waals surface area contributed by atoms with Crippen LogP contribution in [0.15, 0.2) is 66.5 Å². The van der Waals surface area contributed by atoms with Gasteiger partial charge in [0.15, 0.2) is 0 Å². The fourth-order valence-electron chi connectivity index (χ4n) is 2.14. The summed E-state index contributed by atoms with van der Waals surface area (Å²) in [5.41, 5.74) is 5.20. The third-order valence-electron chi connectivity index (χ3n) is 3.09. The minimum Gasteiger partial charge on any atom is -0.340 e. The van der Waals surface area contributed by atoms with Crippen LogP contribution in [0.25, 0.3) is 22.2 Å². The summed E-state index contributed by atoms with van der Waals surface area (Å²) >= 11 is 0. The maximum Gasteiger partial charge on any atom is 0.0758 e. The van der Waals surface area contributed by atoms with Crippen molar-refractivity contribution >= 4 is 8.19 Å². The van der Waals surface area contributed by atoms with Gasteiger partial charge in [-0.2, -0.15) is 0 Å². The molecule has 0 aliphatic rings. The molecule has 0 saturated heterocycles. The van der Waals surface area contributed by atoms with Crippen molar-refractivity contribution in [1.82, 2.24) is 4.57 Å². The van der Waals surface area contributed by atoms with E-state index in [1.165, 1.54) is 30.4 Å². The van der Waals surface area contributed by atoms with Gasteiger partial charge in [-0.1, -0.05) is 60.7 Å². The smallest absolute Gasteiger partial charge is 0.0758 e. The average Bonchev–Trinajstić information content (AvgIpc) is 2.83. The lowest BCUT2D eigenvalue weighted by molar-refractivity contribution is 0.951. The molecule has 0 amide bonds. The fraction of sp³-hybridized carbons (Fsp3) is 0.0625. The first-order valence-electron chi connectivity index (χ1n) is 5.99. The molecule has 3 rings (SSSR count). The fourth-order valence-corrected chi connectivity index (χ4v) is 3.29. The summed E-state index contributed by atoms with van der Waals surface area (Å²) in [5, 5.41) is 0. The lowest BCUT2D eigenvalue weighted by atomic mass is 10.1. The molecule has 1 heterocycles. The van der Waals surface area contributed by atoms with Crippen molar-refractivity contribution in [3.8, 4) is 22.2 Å². The van der Waals surface area contributed by atoms with Gasteiger partial charge in [-0.15, -0.1) is 0 Å². The molecule has 0 bridgehead atoms. The van der Waals surface area contributed by atoms with E-state index < -0.39 is 0 Å². The lowest BCUT2D eigenvalue weighted by Gasteiger charge is -2.07. The third-order valence-corrected chi connectivity index (χ3v) is 4.27. The Balaban J connectivity index is 2.09. The van der Waals surface area contributed by atoms with Gasteiger partial charge >= 0.3 is 0 Å². The van der Waals surface area contributed by atoms with E-state index in [9.17, 15) is 0 Å². The van der Waals surface area contributed by atoms with E-state index in [1.54, 1.807) is 0 Å². The van der Waals surface area contributed by atoms with Crippen LogP contribution in [-0.4, -0.2) is 4.57 Å². The normalized spacial score (nSPS) is 10.9. The lowest BCUT2D eigenvalue weighted by Crippen LogP contribution is -1.93. The minimum absolute atomic E-state index is 1.27. The molecule has 0 aliphatic carbocycles. The summed E-state index contributed by atoms with van der Waals surface area (Å²) in [7, 11) is 3.41. The second kappa shape index (κ2) is 4.80. The molecule has 0 atom stereocenters. The van der Waals surface area contributed by atoms with Crippen molar-refractivity contribution in [3.63, 3.8) is 0 Å². The second-order valence-corrected chi connectivity index (χ2v) is 5.20. The monoisotopic (exact) mass is 251 g/mol. The summed E-state index contributed by atoms with van der Waals surface area (Å²) in [5.74, 6) is 2.28. The topological polar surface area (TPSA) is 4.93 Å². The highest BCUT2D eigenvalue weighted by Gasteiger charge is 2.08. The number of rotatable bonds is 2. The number of hydrogen-bond donors (Lipinski definition) is 0. The Morgan fingerprint density at radius 2 is 1.33 bits per heavy atom. The first-order valence-corrected chi connectivity index (χ1v) is 6.95. The SMILES string of the molecule is Cn1c(-c2ccccc2)cpc1-c1ccccc1. The molecular weight excluding hydrogens is 237 g/mol. The van der Waals surface area contributed by atoms with Gasteiger partial charge in [-0.05, 0) is 19.6 Å². The van der Waals surface area contributed by atoms with Crippen molar-refractivity contribution in [2.24, 2.45) is 7.05 Å². The van der Waals surface area contributed by atoms with Crippen LogP contribution in [0.4, 0.5) is 0 Å². The quantitative estimate of drug-likeness (QED) is 0.608. The van der Waals surface area contributed by atoms with E-state index in [-0.39, 0.29) is 0 Å². The summed E-state index contributed by atoms with van der Waals surface area (Å²) in [4.78, 5) is 0. The highest BCUT2D eigenvalue weighted by atomic mass is 31.0. The average molecular weight is 251 g/mol. The maximum absolute atomic E-state index is 2.28. The maximum atomic E-state index is 2.28. The van der Waals surface area contributed by atoms with Gasteiger partial charge in [-0.3, -0.25) is 0 Å². The van der Waals surface area contributed by atoms with Crippen LogP contribution in [0, 0.1) is 0 Å². The van der Waals surface area contributed by atoms with Crippen LogP contribution in [0.3, 0.4) is 0 Å². The van der Waals surface area contributed by atoms with Gasteiger partial charge in [0.2, 0.25) is 0 Å². The largest absolute Gasteiger partial charge is 0.340 e. The van der Waals surface area contributed by atoms with Gasteiger partial charge in [0, 0.05) is 12.6 Å². The van der Waals surface area contributed by atoms with E-state index in [2.05, 4.69) is 78.1 Å². The Morgan fingerprint density at radius 3 is 1.94 bits per heavy atom. The second-order valence-electron chi connectivity index (χ2n) is 4.26. The number of benzene rings is 2. The van der Waals surface area contributed by atoms with Crippen LogP contribution in [0.5, 0.6) is 0 Å². The number of nitrogens with zero attached hydrogens (tertiary/aromatic N) is 1. The Morgan fingerprint density at radius 1 is 0.778 bits per heavy atom. The first kappa shape index (κ1) is 11.3. The molecule has 18 heavy (non-hydrogen) atoms. The summed E-state index contributed by atoms with van der Waals surface area (Å²) in [6.07, 6.45) is 0. The van der Waals surface area contributed by atoms with E-state index in [4.69, 9.17) is 0 Å². The van der Waals surface area contributed by atoms with Crippen molar-refractivity contribution in [1.29, 1.82) is 0 Å². The predicted molar refractivity (Wildman–Crippen MR) is 78.8 cm³/mol. The van der Waals surface area contributed by atoms with E-state index >= 15 is 0 Å². The zero-order chi connectivity index (χ0) is 12.4. The first-order chi connectivity index (χ1) is 8.86. The van der Waals surface area contributed by atoms with Gasteiger partial charge in [0.1, 0.15) is 0 Å². The molecule has 0 unspecified atom stereocenters. The van der Waals surface area contributed by atoms with Crippen LogP contribution in [-0.2, 0) is 7.05 Å². The minimum atomic E-state index is 1.27. The molecule has 2 aromatic carbocycles. The highest BCUT2D eigenvalue weighted by Crippen LogP contribution is 2.34. The molecule has 3 aromatic rings. The molecule has 0 saturated carbocycles. The van der Waals surface area contributed by atoms with Crippen LogP contribution in [0.1, 0.15) is 0 Å². The van der Waals surface area contributed by atoms with Gasteiger partial charge < -0.3 is 4.57 Å². The Hall–Kier alpha value is -1.85. The van der Waals surface area contributed by atoms with Crippen LogP contribution >= 0.6 is 8.19 Å². The molecule has 1 aromatic heterocycles. The zero-order valence-corrected chi connectivity index (χ0v) is 11.1. The van der Waals surface area contributed by atoms with Crippen LogP contribution in [0.2, 0.25) is 0 Å². The zero-order valence-electron chi connectivity index (χ0n) is 10.2. The van der Waals surface area contributed by atoms with Crippen molar-refractivity contribution in [2.45, 2.75) is 0 Å². The van der Waals surface area contributed by atoms with Crippen molar-refractivity contribution in [3.05, 3.63) is 66.5 Å². The molecule has 0 fully saturated rings. The van der Waals surface area contributed by atoms with E-state index in [0.717, 1.165) is 0 Å². The number of aromatic nitrogens is 1.